The molecular weight excluding hydrogens is 307 g/mol. The Balaban J connectivity index is 2.19. The predicted molar refractivity (Wildman–Crippen MR) is 79.9 cm³/mol. The van der Waals surface area contributed by atoms with Crippen molar-refractivity contribution in [2.45, 2.75) is 45.6 Å². The molecule has 1 aliphatic carbocycles. The first-order chi connectivity index (χ1) is 8.94. The summed E-state index contributed by atoms with van der Waals surface area (Å²) in [6, 6.07) is 5.30. The average molecular weight is 329 g/mol. The lowest BCUT2D eigenvalue weighted by Crippen LogP contribution is -2.37. The maximum atomic E-state index is 14.2. The Bertz CT molecular complexity index is 438. The molecule has 1 aliphatic rings. The Morgan fingerprint density at radius 3 is 2.58 bits per heavy atom. The Kier molecular flexibility index (Phi) is 4.64. The van der Waals surface area contributed by atoms with Crippen molar-refractivity contribution < 1.29 is 4.39 Å². The molecule has 1 fully saturated rings. The molecule has 1 atom stereocenters. The quantitative estimate of drug-likeness (QED) is 0.641. The highest BCUT2D eigenvalue weighted by Gasteiger charge is 2.32. The fourth-order valence-corrected chi connectivity index (χ4v) is 3.38. The van der Waals surface area contributed by atoms with E-state index in [0.717, 1.165) is 12.8 Å². The highest BCUT2D eigenvalue weighted by molar-refractivity contribution is 9.10. The van der Waals surface area contributed by atoms with E-state index in [9.17, 15) is 4.39 Å². The molecule has 2 nitrogen and oxygen atoms in total. The van der Waals surface area contributed by atoms with E-state index in [2.05, 4.69) is 35.2 Å². The van der Waals surface area contributed by atoms with Gasteiger partial charge in [-0.25, -0.2) is 4.39 Å². The minimum Gasteiger partial charge on any atom is -0.271 e. The third kappa shape index (κ3) is 3.36. The zero-order chi connectivity index (χ0) is 14.0. The first-order valence-electron chi connectivity index (χ1n) is 6.84. The molecular formula is C15H22BrFN2. The van der Waals surface area contributed by atoms with E-state index in [-0.39, 0.29) is 11.9 Å². The van der Waals surface area contributed by atoms with Crippen molar-refractivity contribution in [3.8, 4) is 0 Å². The molecule has 0 radical (unpaired) electrons. The van der Waals surface area contributed by atoms with Crippen LogP contribution >= 0.6 is 15.9 Å². The molecule has 0 aromatic heterocycles. The summed E-state index contributed by atoms with van der Waals surface area (Å²) in [5.41, 5.74) is 3.90. The van der Waals surface area contributed by atoms with Gasteiger partial charge in [-0.05, 0) is 59.0 Å². The molecule has 0 spiro atoms. The number of hydrogen-bond donors (Lipinski definition) is 2. The van der Waals surface area contributed by atoms with Crippen molar-refractivity contribution in [2.75, 3.05) is 0 Å². The van der Waals surface area contributed by atoms with Crippen LogP contribution in [-0.4, -0.2) is 0 Å². The van der Waals surface area contributed by atoms with Crippen LogP contribution in [0.15, 0.2) is 22.7 Å². The smallest absolute Gasteiger partial charge is 0.142 e. The maximum absolute atomic E-state index is 14.2. The lowest BCUT2D eigenvalue weighted by atomic mass is 9.70. The number of nitrogens with two attached hydrogens (primary N) is 1. The van der Waals surface area contributed by atoms with E-state index >= 15 is 0 Å². The second-order valence-electron chi connectivity index (χ2n) is 6.29. The molecule has 0 aliphatic heterocycles. The Morgan fingerprint density at radius 2 is 2.00 bits per heavy atom. The van der Waals surface area contributed by atoms with Gasteiger partial charge in [0.05, 0.1) is 10.5 Å². The molecule has 0 saturated heterocycles. The van der Waals surface area contributed by atoms with Crippen molar-refractivity contribution in [1.29, 1.82) is 0 Å². The van der Waals surface area contributed by atoms with Gasteiger partial charge in [-0.3, -0.25) is 11.3 Å². The molecule has 1 aromatic rings. The fourth-order valence-electron chi connectivity index (χ4n) is 3.00. The van der Waals surface area contributed by atoms with E-state index < -0.39 is 0 Å². The Hall–Kier alpha value is -0.450. The fraction of sp³-hybridized carbons (Fsp3) is 0.600. The monoisotopic (exact) mass is 328 g/mol. The van der Waals surface area contributed by atoms with Crippen LogP contribution in [0.5, 0.6) is 0 Å². The summed E-state index contributed by atoms with van der Waals surface area (Å²) in [4.78, 5) is 0. The molecule has 3 N–H and O–H groups in total. The molecule has 19 heavy (non-hydrogen) atoms. The molecule has 2 rings (SSSR count). The summed E-state index contributed by atoms with van der Waals surface area (Å²) in [6.07, 6.45) is 4.53. The molecule has 4 heteroatoms. The highest BCUT2D eigenvalue weighted by atomic mass is 79.9. The minimum atomic E-state index is -0.199. The van der Waals surface area contributed by atoms with E-state index in [1.165, 1.54) is 12.8 Å². The molecule has 1 saturated carbocycles. The number of hydrogen-bond acceptors (Lipinski definition) is 2. The van der Waals surface area contributed by atoms with Gasteiger partial charge in [-0.2, -0.15) is 0 Å². The van der Waals surface area contributed by atoms with Crippen molar-refractivity contribution in [3.05, 3.63) is 34.1 Å². The largest absolute Gasteiger partial charge is 0.271 e. The van der Waals surface area contributed by atoms with Crippen LogP contribution in [0, 0.1) is 17.2 Å². The van der Waals surface area contributed by atoms with Crippen LogP contribution in [-0.2, 0) is 0 Å². The summed E-state index contributed by atoms with van der Waals surface area (Å²) >= 11 is 3.24. The van der Waals surface area contributed by atoms with Crippen molar-refractivity contribution in [1.82, 2.24) is 5.43 Å². The van der Waals surface area contributed by atoms with Gasteiger partial charge in [0, 0.05) is 5.56 Å². The Labute approximate surface area is 123 Å². The second kappa shape index (κ2) is 5.90. The van der Waals surface area contributed by atoms with Crippen LogP contribution < -0.4 is 11.3 Å². The normalized spacial score (nSPS) is 21.3. The number of nitrogens with one attached hydrogen (secondary N) is 1. The van der Waals surface area contributed by atoms with Gasteiger partial charge >= 0.3 is 0 Å². The standard InChI is InChI=1S/C15H22BrFN2/c1-15(2)8-6-10(7-9-15)14(19-18)11-4-3-5-12(16)13(11)17/h3-5,10,14,19H,6-9,18H2,1-2H3. The number of rotatable bonds is 3. The molecule has 1 unspecified atom stereocenters. The molecule has 1 aromatic carbocycles. The average Bonchev–Trinajstić information content (AvgIpc) is 2.37. The first-order valence-corrected chi connectivity index (χ1v) is 7.64. The molecule has 0 heterocycles. The summed E-state index contributed by atoms with van der Waals surface area (Å²) < 4.78 is 14.7. The minimum absolute atomic E-state index is 0.103. The summed E-state index contributed by atoms with van der Waals surface area (Å²) in [5, 5.41) is 0. The van der Waals surface area contributed by atoms with E-state index in [4.69, 9.17) is 5.84 Å². The molecule has 0 amide bonds. The van der Waals surface area contributed by atoms with Gasteiger partial charge in [0.2, 0.25) is 0 Å². The van der Waals surface area contributed by atoms with E-state index in [0.29, 0.717) is 21.4 Å². The maximum Gasteiger partial charge on any atom is 0.142 e. The van der Waals surface area contributed by atoms with E-state index in [1.807, 2.05) is 12.1 Å². The van der Waals surface area contributed by atoms with Gasteiger partial charge in [0.25, 0.3) is 0 Å². The lowest BCUT2D eigenvalue weighted by Gasteiger charge is -2.38. The van der Waals surface area contributed by atoms with Gasteiger partial charge in [0.15, 0.2) is 0 Å². The predicted octanol–water partition coefficient (Wildman–Crippen LogP) is 4.31. The topological polar surface area (TPSA) is 38.0 Å². The summed E-state index contributed by atoms with van der Waals surface area (Å²) in [5.74, 6) is 5.90. The third-order valence-corrected chi connectivity index (χ3v) is 4.96. The van der Waals surface area contributed by atoms with Crippen molar-refractivity contribution in [2.24, 2.45) is 17.2 Å². The van der Waals surface area contributed by atoms with Gasteiger partial charge in [-0.15, -0.1) is 0 Å². The third-order valence-electron chi connectivity index (χ3n) is 4.35. The SMILES string of the molecule is CC1(C)CCC(C(NN)c2cccc(Br)c2F)CC1. The van der Waals surface area contributed by atoms with Crippen LogP contribution in [0.3, 0.4) is 0 Å². The molecule has 0 bridgehead atoms. The number of halogens is 2. The lowest BCUT2D eigenvalue weighted by molar-refractivity contribution is 0.160. The van der Waals surface area contributed by atoms with Crippen LogP contribution in [0.2, 0.25) is 0 Å². The zero-order valence-corrected chi connectivity index (χ0v) is 13.1. The molecule has 106 valence electrons. The van der Waals surface area contributed by atoms with Gasteiger partial charge in [0.1, 0.15) is 5.82 Å². The van der Waals surface area contributed by atoms with Gasteiger partial charge in [-0.1, -0.05) is 26.0 Å². The van der Waals surface area contributed by atoms with Crippen LogP contribution in [0.25, 0.3) is 0 Å². The second-order valence-corrected chi connectivity index (χ2v) is 7.14. The highest BCUT2D eigenvalue weighted by Crippen LogP contribution is 2.43. The first kappa shape index (κ1) is 14.9. The van der Waals surface area contributed by atoms with Crippen molar-refractivity contribution in [3.63, 3.8) is 0 Å². The van der Waals surface area contributed by atoms with Crippen LogP contribution in [0.4, 0.5) is 4.39 Å². The van der Waals surface area contributed by atoms with Crippen LogP contribution in [0.1, 0.15) is 51.1 Å². The van der Waals surface area contributed by atoms with Crippen molar-refractivity contribution >= 4 is 15.9 Å². The summed E-state index contributed by atoms with van der Waals surface area (Å²) in [7, 11) is 0. The number of benzene rings is 1. The van der Waals surface area contributed by atoms with Gasteiger partial charge < -0.3 is 0 Å². The Morgan fingerprint density at radius 1 is 1.37 bits per heavy atom. The van der Waals surface area contributed by atoms with E-state index in [1.54, 1.807) is 6.07 Å². The summed E-state index contributed by atoms with van der Waals surface area (Å²) in [6.45, 7) is 4.60. The number of hydrazine groups is 1. The zero-order valence-electron chi connectivity index (χ0n) is 11.5.